The molecule has 0 unspecified atom stereocenters. The molecule has 1 saturated carbocycles. The van der Waals surface area contributed by atoms with Crippen LogP contribution in [-0.2, 0) is 10.5 Å². The molecule has 4 heteroatoms. The molecule has 1 fully saturated rings. The molecule has 0 radical (unpaired) electrons. The summed E-state index contributed by atoms with van der Waals surface area (Å²) in [6.07, 6.45) is 5.49. The number of benzene rings is 1. The maximum atomic E-state index is 10.7. The minimum Gasteiger partial charge on any atom is -0.388 e. The minimum atomic E-state index is -1.22. The Morgan fingerprint density at radius 3 is 2.40 bits per heavy atom. The SMILES string of the molecule is CO[C@](N)(c1ccc(C=O)cc1)[C@H](O)C1CCCCC1. The highest BCUT2D eigenvalue weighted by atomic mass is 16.5. The van der Waals surface area contributed by atoms with Crippen LogP contribution < -0.4 is 5.73 Å². The molecule has 1 aromatic carbocycles. The third-order valence-electron chi connectivity index (χ3n) is 4.37. The van der Waals surface area contributed by atoms with Crippen molar-refractivity contribution < 1.29 is 14.6 Å². The standard InChI is InChI=1S/C16H23NO3/c1-20-16(17,14-9-7-12(11-18)8-10-14)15(19)13-5-3-2-4-6-13/h7-11,13,15,19H,2-6,17H2,1H3/t15-,16-/m1/s1. The van der Waals surface area contributed by atoms with Gasteiger partial charge in [-0.2, -0.15) is 0 Å². The van der Waals surface area contributed by atoms with E-state index >= 15 is 0 Å². The third kappa shape index (κ3) is 2.92. The fourth-order valence-corrected chi connectivity index (χ4v) is 3.03. The molecule has 1 aromatic rings. The average Bonchev–Trinajstić information content (AvgIpc) is 2.54. The van der Waals surface area contributed by atoms with Gasteiger partial charge >= 0.3 is 0 Å². The van der Waals surface area contributed by atoms with E-state index < -0.39 is 11.8 Å². The van der Waals surface area contributed by atoms with Crippen molar-refractivity contribution >= 4 is 6.29 Å². The van der Waals surface area contributed by atoms with Crippen LogP contribution in [0.1, 0.15) is 48.0 Å². The Morgan fingerprint density at radius 1 is 1.30 bits per heavy atom. The van der Waals surface area contributed by atoms with Gasteiger partial charge in [0.25, 0.3) is 0 Å². The van der Waals surface area contributed by atoms with E-state index in [1.807, 2.05) is 0 Å². The normalized spacial score (nSPS) is 21.1. The molecule has 3 N–H and O–H groups in total. The summed E-state index contributed by atoms with van der Waals surface area (Å²) in [4.78, 5) is 10.7. The lowest BCUT2D eigenvalue weighted by atomic mass is 9.79. The molecule has 0 bridgehead atoms. The lowest BCUT2D eigenvalue weighted by Gasteiger charge is -2.39. The smallest absolute Gasteiger partial charge is 0.168 e. The monoisotopic (exact) mass is 277 g/mol. The summed E-state index contributed by atoms with van der Waals surface area (Å²) >= 11 is 0. The fourth-order valence-electron chi connectivity index (χ4n) is 3.03. The summed E-state index contributed by atoms with van der Waals surface area (Å²) in [6, 6.07) is 6.88. The van der Waals surface area contributed by atoms with E-state index in [9.17, 15) is 9.90 Å². The van der Waals surface area contributed by atoms with Gasteiger partial charge in [-0.15, -0.1) is 0 Å². The second-order valence-electron chi connectivity index (χ2n) is 5.58. The molecular formula is C16H23NO3. The zero-order chi connectivity index (χ0) is 14.6. The molecule has 1 aliphatic carbocycles. The Labute approximate surface area is 119 Å². The Morgan fingerprint density at radius 2 is 1.90 bits per heavy atom. The predicted molar refractivity (Wildman–Crippen MR) is 77.3 cm³/mol. The molecule has 0 aliphatic heterocycles. The van der Waals surface area contributed by atoms with Gasteiger partial charge in [-0.3, -0.25) is 10.5 Å². The first-order valence-electron chi connectivity index (χ1n) is 7.19. The molecule has 2 atom stereocenters. The van der Waals surface area contributed by atoms with Crippen molar-refractivity contribution in [3.63, 3.8) is 0 Å². The molecule has 0 saturated heterocycles. The van der Waals surface area contributed by atoms with E-state index in [1.165, 1.54) is 13.5 Å². The van der Waals surface area contributed by atoms with Crippen LogP contribution in [0.2, 0.25) is 0 Å². The van der Waals surface area contributed by atoms with Crippen LogP contribution in [0.4, 0.5) is 0 Å². The molecule has 20 heavy (non-hydrogen) atoms. The van der Waals surface area contributed by atoms with Gasteiger partial charge < -0.3 is 9.84 Å². The largest absolute Gasteiger partial charge is 0.388 e. The number of nitrogens with two attached hydrogens (primary N) is 1. The van der Waals surface area contributed by atoms with Crippen molar-refractivity contribution in [2.75, 3.05) is 7.11 Å². The van der Waals surface area contributed by atoms with Gasteiger partial charge in [0.1, 0.15) is 12.4 Å². The summed E-state index contributed by atoms with van der Waals surface area (Å²) < 4.78 is 5.45. The van der Waals surface area contributed by atoms with Gasteiger partial charge in [-0.1, -0.05) is 43.5 Å². The highest BCUT2D eigenvalue weighted by Crippen LogP contribution is 2.35. The van der Waals surface area contributed by atoms with E-state index in [-0.39, 0.29) is 5.92 Å². The number of carbonyl (C=O) groups excluding carboxylic acids is 1. The molecule has 0 heterocycles. The first kappa shape index (κ1) is 15.2. The number of hydrogen-bond donors (Lipinski definition) is 2. The average molecular weight is 277 g/mol. The zero-order valence-corrected chi connectivity index (χ0v) is 11.9. The summed E-state index contributed by atoms with van der Waals surface area (Å²) in [5.74, 6) is 0.166. The van der Waals surface area contributed by atoms with Crippen molar-refractivity contribution in [1.29, 1.82) is 0 Å². The maximum Gasteiger partial charge on any atom is 0.168 e. The Kier molecular flexibility index (Phi) is 4.91. The molecule has 110 valence electrons. The lowest BCUT2D eigenvalue weighted by molar-refractivity contribution is -0.132. The van der Waals surface area contributed by atoms with Crippen LogP contribution in [0, 0.1) is 5.92 Å². The van der Waals surface area contributed by atoms with Crippen molar-refractivity contribution in [2.45, 2.75) is 43.9 Å². The van der Waals surface area contributed by atoms with Gasteiger partial charge in [0, 0.05) is 18.2 Å². The van der Waals surface area contributed by atoms with Crippen LogP contribution in [-0.4, -0.2) is 24.6 Å². The predicted octanol–water partition coefficient (Wildman–Crippen LogP) is 2.20. The van der Waals surface area contributed by atoms with Gasteiger partial charge in [-0.25, -0.2) is 0 Å². The van der Waals surface area contributed by atoms with Crippen molar-refractivity contribution in [3.8, 4) is 0 Å². The quantitative estimate of drug-likeness (QED) is 0.639. The minimum absolute atomic E-state index is 0.166. The summed E-state index contributed by atoms with van der Waals surface area (Å²) in [7, 11) is 1.51. The zero-order valence-electron chi connectivity index (χ0n) is 11.9. The molecule has 2 rings (SSSR count). The number of aliphatic hydroxyl groups is 1. The number of carbonyl (C=O) groups is 1. The van der Waals surface area contributed by atoms with Crippen LogP contribution >= 0.6 is 0 Å². The number of aliphatic hydroxyl groups excluding tert-OH is 1. The summed E-state index contributed by atoms with van der Waals surface area (Å²) in [5, 5.41) is 10.7. The van der Waals surface area contributed by atoms with Gasteiger partial charge in [0.2, 0.25) is 0 Å². The molecule has 0 spiro atoms. The number of hydrogen-bond acceptors (Lipinski definition) is 4. The highest BCUT2D eigenvalue weighted by molar-refractivity contribution is 5.74. The van der Waals surface area contributed by atoms with E-state index in [2.05, 4.69) is 0 Å². The highest BCUT2D eigenvalue weighted by Gasteiger charge is 2.40. The fraction of sp³-hybridized carbons (Fsp3) is 0.562. The van der Waals surface area contributed by atoms with Crippen LogP contribution in [0.15, 0.2) is 24.3 Å². The van der Waals surface area contributed by atoms with Gasteiger partial charge in [0.05, 0.1) is 0 Å². The Balaban J connectivity index is 2.23. The Hall–Kier alpha value is -1.23. The summed E-state index contributed by atoms with van der Waals surface area (Å²) in [6.45, 7) is 0. The first-order chi connectivity index (χ1) is 9.61. The Bertz CT molecular complexity index is 440. The molecule has 1 aliphatic rings. The van der Waals surface area contributed by atoms with E-state index in [1.54, 1.807) is 24.3 Å². The number of ether oxygens (including phenoxy) is 1. The second-order valence-corrected chi connectivity index (χ2v) is 5.58. The van der Waals surface area contributed by atoms with E-state index in [4.69, 9.17) is 10.5 Å². The molecular weight excluding hydrogens is 254 g/mol. The van der Waals surface area contributed by atoms with Gasteiger partial charge in [-0.05, 0) is 18.8 Å². The van der Waals surface area contributed by atoms with E-state index in [0.29, 0.717) is 11.1 Å². The molecule has 0 aromatic heterocycles. The second kappa shape index (κ2) is 6.48. The number of aldehydes is 1. The van der Waals surface area contributed by atoms with Gasteiger partial charge in [0.15, 0.2) is 5.72 Å². The van der Waals surface area contributed by atoms with Crippen LogP contribution in [0.25, 0.3) is 0 Å². The lowest BCUT2D eigenvalue weighted by Crippen LogP contribution is -2.53. The number of rotatable bonds is 5. The molecule has 0 amide bonds. The van der Waals surface area contributed by atoms with Crippen molar-refractivity contribution in [3.05, 3.63) is 35.4 Å². The topological polar surface area (TPSA) is 72.5 Å². The maximum absolute atomic E-state index is 10.7. The van der Waals surface area contributed by atoms with Crippen molar-refractivity contribution in [2.24, 2.45) is 11.7 Å². The van der Waals surface area contributed by atoms with Crippen LogP contribution in [0.5, 0.6) is 0 Å². The number of methoxy groups -OCH3 is 1. The third-order valence-corrected chi connectivity index (χ3v) is 4.37. The van der Waals surface area contributed by atoms with Crippen molar-refractivity contribution in [1.82, 2.24) is 0 Å². The summed E-state index contributed by atoms with van der Waals surface area (Å²) in [5.41, 5.74) is 6.39. The van der Waals surface area contributed by atoms with Crippen LogP contribution in [0.3, 0.4) is 0 Å². The first-order valence-corrected chi connectivity index (χ1v) is 7.19. The van der Waals surface area contributed by atoms with E-state index in [0.717, 1.165) is 32.0 Å². The molecule has 4 nitrogen and oxygen atoms in total.